The van der Waals surface area contributed by atoms with Crippen LogP contribution >= 0.6 is 0 Å². The van der Waals surface area contributed by atoms with Gasteiger partial charge in [-0.1, -0.05) is 6.07 Å². The summed E-state index contributed by atoms with van der Waals surface area (Å²) in [5.41, 5.74) is -2.39. The molecule has 0 atom stereocenters. The third kappa shape index (κ3) is 4.82. The predicted molar refractivity (Wildman–Crippen MR) is 117 cm³/mol. The topological polar surface area (TPSA) is 95.4 Å². The monoisotopic (exact) mass is 496 g/mol. The zero-order chi connectivity index (χ0) is 24.9. The molecule has 0 bridgehead atoms. The van der Waals surface area contributed by atoms with Gasteiger partial charge in [-0.2, -0.15) is 13.2 Å². The summed E-state index contributed by atoms with van der Waals surface area (Å²) in [6.07, 6.45) is -3.52. The molecule has 34 heavy (non-hydrogen) atoms. The van der Waals surface area contributed by atoms with E-state index in [0.717, 1.165) is 18.2 Å². The second kappa shape index (κ2) is 8.20. The molecule has 1 saturated heterocycles. The largest absolute Gasteiger partial charge is 0.418 e. The van der Waals surface area contributed by atoms with Gasteiger partial charge in [-0.25, -0.2) is 22.8 Å². The highest BCUT2D eigenvalue weighted by molar-refractivity contribution is 7.92. The second-order valence-corrected chi connectivity index (χ2v) is 10.0. The maximum atomic E-state index is 13.8. The second-order valence-electron chi connectivity index (χ2n) is 8.36. The molecular formula is C22H20F4N4O3S. The van der Waals surface area contributed by atoms with Crippen molar-refractivity contribution in [2.75, 3.05) is 22.7 Å². The van der Waals surface area contributed by atoms with Crippen molar-refractivity contribution < 1.29 is 31.1 Å². The quantitative estimate of drug-likeness (QED) is 0.519. The Labute approximate surface area is 193 Å². The van der Waals surface area contributed by atoms with Crippen LogP contribution in [0.25, 0.3) is 11.3 Å². The van der Waals surface area contributed by atoms with Crippen LogP contribution in [0.1, 0.15) is 18.1 Å². The van der Waals surface area contributed by atoms with E-state index in [4.69, 9.17) is 0 Å². The first-order valence-electron chi connectivity index (χ1n) is 10.1. The molecule has 1 aliphatic rings. The van der Waals surface area contributed by atoms with Crippen molar-refractivity contribution in [3.63, 3.8) is 0 Å². The molecule has 3 heterocycles. The SMILES string of the molecule is Cc1ccc(F)cc1-c1nc(NS(=O)(=O)c2ccnc(N3CC(C)(O)C3)c2)ccc1C(F)(F)F. The number of rotatable bonds is 5. The molecule has 1 aromatic carbocycles. The fourth-order valence-corrected chi connectivity index (χ4v) is 4.68. The smallest absolute Gasteiger partial charge is 0.386 e. The number of alkyl halides is 3. The molecule has 2 aromatic heterocycles. The van der Waals surface area contributed by atoms with Gasteiger partial charge < -0.3 is 10.0 Å². The Morgan fingerprint density at radius 3 is 2.47 bits per heavy atom. The molecule has 12 heteroatoms. The van der Waals surface area contributed by atoms with Crippen molar-refractivity contribution in [1.82, 2.24) is 9.97 Å². The summed E-state index contributed by atoms with van der Waals surface area (Å²) in [4.78, 5) is 9.49. The molecule has 1 fully saturated rings. The van der Waals surface area contributed by atoms with Crippen LogP contribution in [0.2, 0.25) is 0 Å². The van der Waals surface area contributed by atoms with E-state index < -0.39 is 38.9 Å². The van der Waals surface area contributed by atoms with Gasteiger partial charge in [-0.05, 0) is 49.7 Å². The maximum absolute atomic E-state index is 13.8. The number of aryl methyl sites for hydroxylation is 1. The zero-order valence-electron chi connectivity index (χ0n) is 18.1. The molecule has 3 aromatic rings. The summed E-state index contributed by atoms with van der Waals surface area (Å²) in [6, 6.07) is 7.46. The number of nitrogens with one attached hydrogen (secondary N) is 1. The number of anilines is 2. The lowest BCUT2D eigenvalue weighted by atomic mass is 9.97. The lowest BCUT2D eigenvalue weighted by molar-refractivity contribution is -0.137. The van der Waals surface area contributed by atoms with Gasteiger partial charge in [0.2, 0.25) is 0 Å². The van der Waals surface area contributed by atoms with Gasteiger partial charge in [0.25, 0.3) is 10.0 Å². The van der Waals surface area contributed by atoms with Crippen LogP contribution < -0.4 is 9.62 Å². The van der Waals surface area contributed by atoms with Crippen LogP contribution in [0, 0.1) is 12.7 Å². The van der Waals surface area contributed by atoms with E-state index >= 15 is 0 Å². The van der Waals surface area contributed by atoms with E-state index in [9.17, 15) is 31.1 Å². The van der Waals surface area contributed by atoms with E-state index in [-0.39, 0.29) is 29.4 Å². The number of halogens is 4. The van der Waals surface area contributed by atoms with E-state index in [2.05, 4.69) is 14.7 Å². The van der Waals surface area contributed by atoms with Gasteiger partial charge in [-0.15, -0.1) is 0 Å². The first-order valence-corrected chi connectivity index (χ1v) is 11.5. The number of aliphatic hydroxyl groups is 1. The van der Waals surface area contributed by atoms with Crippen molar-refractivity contribution in [1.29, 1.82) is 0 Å². The third-order valence-electron chi connectivity index (χ3n) is 5.31. The molecule has 4 rings (SSSR count). The van der Waals surface area contributed by atoms with E-state index in [1.165, 1.54) is 31.3 Å². The number of aromatic nitrogens is 2. The lowest BCUT2D eigenvalue weighted by Gasteiger charge is -2.44. The molecule has 2 N–H and O–H groups in total. The number of pyridine rings is 2. The molecule has 0 aliphatic carbocycles. The van der Waals surface area contributed by atoms with Gasteiger partial charge in [-0.3, -0.25) is 4.72 Å². The number of benzene rings is 1. The summed E-state index contributed by atoms with van der Waals surface area (Å²) in [6.45, 7) is 3.68. The summed E-state index contributed by atoms with van der Waals surface area (Å²) in [5.74, 6) is -0.793. The number of nitrogens with zero attached hydrogens (tertiary/aromatic N) is 3. The van der Waals surface area contributed by atoms with Crippen molar-refractivity contribution >= 4 is 21.7 Å². The summed E-state index contributed by atoms with van der Waals surface area (Å²) >= 11 is 0. The number of β-amino-alcohol motifs (C(OH)–C–C–N with tert-alkyl or cyclic N) is 1. The van der Waals surface area contributed by atoms with E-state index in [1.54, 1.807) is 11.8 Å². The number of hydrogen-bond acceptors (Lipinski definition) is 6. The Balaban J connectivity index is 1.70. The molecule has 0 saturated carbocycles. The van der Waals surface area contributed by atoms with Crippen LogP contribution in [-0.4, -0.2) is 42.2 Å². The Morgan fingerprint density at radius 2 is 1.82 bits per heavy atom. The highest BCUT2D eigenvalue weighted by Gasteiger charge is 2.38. The molecule has 1 aliphatic heterocycles. The van der Waals surface area contributed by atoms with Crippen molar-refractivity contribution in [2.24, 2.45) is 0 Å². The van der Waals surface area contributed by atoms with Gasteiger partial charge in [0, 0.05) is 30.9 Å². The summed E-state index contributed by atoms with van der Waals surface area (Å²) in [5, 5.41) is 9.89. The first kappa shape index (κ1) is 23.9. The Hall–Kier alpha value is -3.25. The maximum Gasteiger partial charge on any atom is 0.418 e. The average molecular weight is 496 g/mol. The number of sulfonamides is 1. The number of hydrogen-bond donors (Lipinski definition) is 2. The highest BCUT2D eigenvalue weighted by Crippen LogP contribution is 2.38. The molecule has 180 valence electrons. The van der Waals surface area contributed by atoms with Gasteiger partial charge in [0.15, 0.2) is 0 Å². The van der Waals surface area contributed by atoms with Crippen molar-refractivity contribution in [2.45, 2.75) is 30.5 Å². The zero-order valence-corrected chi connectivity index (χ0v) is 18.9. The van der Waals surface area contributed by atoms with Crippen LogP contribution in [-0.2, 0) is 16.2 Å². The van der Waals surface area contributed by atoms with Crippen LogP contribution in [0.4, 0.5) is 29.2 Å². The average Bonchev–Trinajstić information content (AvgIpc) is 2.72. The lowest BCUT2D eigenvalue weighted by Crippen LogP contribution is -2.60. The minimum absolute atomic E-state index is 0.107. The summed E-state index contributed by atoms with van der Waals surface area (Å²) < 4.78 is 82.7. The third-order valence-corrected chi connectivity index (χ3v) is 6.66. The Kier molecular flexibility index (Phi) is 5.76. The van der Waals surface area contributed by atoms with Crippen LogP contribution in [0.5, 0.6) is 0 Å². The summed E-state index contributed by atoms with van der Waals surface area (Å²) in [7, 11) is -4.24. The van der Waals surface area contributed by atoms with E-state index in [0.29, 0.717) is 17.4 Å². The normalized spacial score (nSPS) is 15.7. The van der Waals surface area contributed by atoms with Gasteiger partial charge in [0.05, 0.1) is 21.8 Å². The van der Waals surface area contributed by atoms with Crippen LogP contribution in [0.15, 0.2) is 53.6 Å². The molecule has 7 nitrogen and oxygen atoms in total. The Bertz CT molecular complexity index is 1350. The minimum atomic E-state index is -4.79. The van der Waals surface area contributed by atoms with Gasteiger partial charge >= 0.3 is 6.18 Å². The predicted octanol–water partition coefficient (Wildman–Crippen LogP) is 3.98. The first-order chi connectivity index (χ1) is 15.7. The van der Waals surface area contributed by atoms with Crippen molar-refractivity contribution in [3.05, 3.63) is 65.6 Å². The van der Waals surface area contributed by atoms with Crippen molar-refractivity contribution in [3.8, 4) is 11.3 Å². The fraction of sp³-hybridized carbons (Fsp3) is 0.273. The standard InChI is InChI=1S/C22H20F4N4O3S/c1-13-3-4-14(23)9-16(13)20-17(22(24,25)26)5-6-18(28-20)29-34(32,33)15-7-8-27-19(10-15)30-11-21(2,31)12-30/h3-10,31H,11-12H2,1-2H3,(H,28,29). The molecular weight excluding hydrogens is 476 g/mol. The molecule has 0 unspecified atom stereocenters. The van der Waals surface area contributed by atoms with Gasteiger partial charge in [0.1, 0.15) is 17.5 Å². The van der Waals surface area contributed by atoms with E-state index in [1.807, 2.05) is 0 Å². The Morgan fingerprint density at radius 1 is 1.12 bits per heavy atom. The molecule has 0 spiro atoms. The van der Waals surface area contributed by atoms with Crippen LogP contribution in [0.3, 0.4) is 0 Å². The molecule has 0 amide bonds. The fourth-order valence-electron chi connectivity index (χ4n) is 3.67. The molecule has 0 radical (unpaired) electrons. The minimum Gasteiger partial charge on any atom is -0.386 e. The highest BCUT2D eigenvalue weighted by atomic mass is 32.2.